The van der Waals surface area contributed by atoms with E-state index in [-0.39, 0.29) is 35.6 Å². The summed E-state index contributed by atoms with van der Waals surface area (Å²) in [6.07, 6.45) is 4.50. The van der Waals surface area contributed by atoms with Crippen LogP contribution in [0.3, 0.4) is 0 Å². The van der Waals surface area contributed by atoms with Gasteiger partial charge in [-0.2, -0.15) is 0 Å². The predicted molar refractivity (Wildman–Crippen MR) is 46.4 cm³/mol. The van der Waals surface area contributed by atoms with E-state index < -0.39 is 0 Å². The molecule has 2 bridgehead atoms. The number of Topliss-reactive ketones (excluding diaryl/α,β-unsaturated/α-hetero) is 2. The lowest BCUT2D eigenvalue weighted by atomic mass is 9.72. The minimum absolute atomic E-state index is 0.0405. The minimum Gasteiger partial charge on any atom is -0.353 e. The summed E-state index contributed by atoms with van der Waals surface area (Å²) in [6, 6.07) is 0. The van der Waals surface area contributed by atoms with Gasteiger partial charge in [-0.05, 0) is 18.3 Å². The third-order valence-corrected chi connectivity index (χ3v) is 4.17. The summed E-state index contributed by atoms with van der Waals surface area (Å²) >= 11 is 0. The van der Waals surface area contributed by atoms with Crippen molar-refractivity contribution in [2.45, 2.75) is 18.6 Å². The van der Waals surface area contributed by atoms with Crippen molar-refractivity contribution < 1.29 is 14.3 Å². The molecule has 3 nitrogen and oxygen atoms in total. The molecule has 72 valence electrons. The monoisotopic (exact) mass is 190 g/mol. The zero-order valence-corrected chi connectivity index (χ0v) is 7.55. The van der Waals surface area contributed by atoms with Crippen LogP contribution in [-0.4, -0.2) is 23.8 Å². The van der Waals surface area contributed by atoms with Crippen molar-refractivity contribution in [1.82, 2.24) is 0 Å². The van der Waals surface area contributed by atoms with Gasteiger partial charge in [0.15, 0.2) is 23.8 Å². The normalized spacial score (nSPS) is 57.4. The van der Waals surface area contributed by atoms with Gasteiger partial charge in [-0.25, -0.2) is 0 Å². The highest BCUT2D eigenvalue weighted by Crippen LogP contribution is 2.54. The maximum atomic E-state index is 11.9. The first-order valence-corrected chi connectivity index (χ1v) is 5.18. The van der Waals surface area contributed by atoms with Crippen molar-refractivity contribution in [3.63, 3.8) is 0 Å². The van der Waals surface area contributed by atoms with Crippen LogP contribution in [0.15, 0.2) is 12.2 Å². The molecule has 1 saturated heterocycles. The molecule has 0 radical (unpaired) electrons. The molecule has 0 aromatic heterocycles. The van der Waals surface area contributed by atoms with Gasteiger partial charge in [-0.3, -0.25) is 9.59 Å². The first-order chi connectivity index (χ1) is 6.77. The molecule has 0 aromatic carbocycles. The zero-order valence-electron chi connectivity index (χ0n) is 7.55. The first-order valence-electron chi connectivity index (χ1n) is 5.18. The van der Waals surface area contributed by atoms with Crippen molar-refractivity contribution >= 4 is 11.6 Å². The molecule has 6 atom stereocenters. The van der Waals surface area contributed by atoms with Crippen LogP contribution >= 0.6 is 0 Å². The average molecular weight is 190 g/mol. The Hall–Kier alpha value is -0.960. The smallest absolute Gasteiger partial charge is 0.169 e. The summed E-state index contributed by atoms with van der Waals surface area (Å²) in [5.41, 5.74) is 0. The molecule has 3 fully saturated rings. The maximum absolute atomic E-state index is 11.9. The molecule has 1 aliphatic heterocycles. The summed E-state index contributed by atoms with van der Waals surface area (Å²) in [4.78, 5) is 23.7. The Balaban J connectivity index is 1.84. The molecule has 2 saturated carbocycles. The van der Waals surface area contributed by atoms with E-state index in [1.165, 1.54) is 0 Å². The first kappa shape index (κ1) is 7.35. The Bertz CT molecular complexity index is 350. The van der Waals surface area contributed by atoms with Crippen LogP contribution in [0.5, 0.6) is 0 Å². The second-order valence-electron chi connectivity index (χ2n) is 4.78. The average Bonchev–Trinajstić information content (AvgIpc) is 2.74. The Morgan fingerprint density at radius 2 is 1.50 bits per heavy atom. The van der Waals surface area contributed by atoms with Crippen LogP contribution in [0, 0.1) is 23.7 Å². The molecule has 1 heterocycles. The number of hydrogen-bond acceptors (Lipinski definition) is 3. The molecule has 0 amide bonds. The van der Waals surface area contributed by atoms with Crippen LogP contribution in [0.25, 0.3) is 0 Å². The number of allylic oxidation sites excluding steroid dienone is 2. The summed E-state index contributed by atoms with van der Waals surface area (Å²) in [5, 5.41) is 0. The van der Waals surface area contributed by atoms with E-state index in [0.29, 0.717) is 11.8 Å². The highest BCUT2D eigenvalue weighted by atomic mass is 16.6. The lowest BCUT2D eigenvalue weighted by Gasteiger charge is -2.27. The van der Waals surface area contributed by atoms with Crippen molar-refractivity contribution in [1.29, 1.82) is 0 Å². The SMILES string of the molecule is O=C1[C@@H]2[C@H](C(=O)[C@@H]3O[C@H]13)[C@@H]1C=C[C@@H]2C1. The summed E-state index contributed by atoms with van der Waals surface area (Å²) in [6.45, 7) is 0. The van der Waals surface area contributed by atoms with Crippen LogP contribution in [0.4, 0.5) is 0 Å². The lowest BCUT2D eigenvalue weighted by molar-refractivity contribution is -0.135. The third-order valence-electron chi connectivity index (χ3n) is 4.17. The van der Waals surface area contributed by atoms with E-state index in [2.05, 4.69) is 12.2 Å². The molecule has 4 aliphatic rings. The number of carbonyl (C=O) groups excluding carboxylic acids is 2. The molecule has 0 unspecified atom stereocenters. The van der Waals surface area contributed by atoms with Gasteiger partial charge < -0.3 is 4.74 Å². The summed E-state index contributed by atoms with van der Waals surface area (Å²) in [7, 11) is 0. The number of rotatable bonds is 0. The number of fused-ring (bicyclic) bond motifs is 6. The van der Waals surface area contributed by atoms with Crippen LogP contribution < -0.4 is 0 Å². The number of epoxide rings is 1. The fourth-order valence-electron chi connectivity index (χ4n) is 3.52. The second-order valence-corrected chi connectivity index (χ2v) is 4.78. The van der Waals surface area contributed by atoms with Gasteiger partial charge in [-0.1, -0.05) is 12.2 Å². The van der Waals surface area contributed by atoms with E-state index >= 15 is 0 Å². The Morgan fingerprint density at radius 1 is 1.00 bits per heavy atom. The fourth-order valence-corrected chi connectivity index (χ4v) is 3.52. The Kier molecular flexibility index (Phi) is 1.05. The van der Waals surface area contributed by atoms with E-state index in [9.17, 15) is 9.59 Å². The molecule has 14 heavy (non-hydrogen) atoms. The van der Waals surface area contributed by atoms with E-state index in [1.54, 1.807) is 0 Å². The third kappa shape index (κ3) is 0.630. The van der Waals surface area contributed by atoms with Crippen LogP contribution in [0.2, 0.25) is 0 Å². The zero-order chi connectivity index (χ0) is 9.45. The molecular weight excluding hydrogens is 180 g/mol. The second kappa shape index (κ2) is 2.01. The van der Waals surface area contributed by atoms with Gasteiger partial charge in [0.05, 0.1) is 0 Å². The van der Waals surface area contributed by atoms with Gasteiger partial charge in [0.1, 0.15) is 0 Å². The highest BCUT2D eigenvalue weighted by Gasteiger charge is 2.66. The quantitative estimate of drug-likeness (QED) is 0.409. The van der Waals surface area contributed by atoms with Crippen molar-refractivity contribution in [3.8, 4) is 0 Å². The number of hydrogen-bond donors (Lipinski definition) is 0. The highest BCUT2D eigenvalue weighted by molar-refractivity contribution is 6.06. The predicted octanol–water partition coefficient (Wildman–Crippen LogP) is 0.344. The largest absolute Gasteiger partial charge is 0.353 e. The van der Waals surface area contributed by atoms with E-state index in [1.807, 2.05) is 0 Å². The van der Waals surface area contributed by atoms with Gasteiger partial charge in [0, 0.05) is 11.8 Å². The molecule has 0 spiro atoms. The van der Waals surface area contributed by atoms with Gasteiger partial charge in [-0.15, -0.1) is 0 Å². The summed E-state index contributed by atoms with van der Waals surface area (Å²) < 4.78 is 5.14. The molecule has 0 N–H and O–H groups in total. The standard InChI is InChI=1S/C11H10O3/c12-8-6-4-1-2-5(3-4)7(6)9(13)11-10(8)14-11/h1-2,4-7,10-11H,3H2/t4-,5-,6-,7+,10+,11-/m1/s1. The Morgan fingerprint density at radius 3 is 2.00 bits per heavy atom. The summed E-state index contributed by atoms with van der Waals surface area (Å²) in [5.74, 6) is 0.952. The number of ketones is 2. The van der Waals surface area contributed by atoms with Gasteiger partial charge >= 0.3 is 0 Å². The lowest BCUT2D eigenvalue weighted by Crippen LogP contribution is -2.43. The van der Waals surface area contributed by atoms with Gasteiger partial charge in [0.25, 0.3) is 0 Å². The topological polar surface area (TPSA) is 46.7 Å². The van der Waals surface area contributed by atoms with Crippen LogP contribution in [-0.2, 0) is 14.3 Å². The number of carbonyl (C=O) groups is 2. The van der Waals surface area contributed by atoms with Crippen LogP contribution in [0.1, 0.15) is 6.42 Å². The van der Waals surface area contributed by atoms with Crippen molar-refractivity contribution in [3.05, 3.63) is 12.2 Å². The fraction of sp³-hybridized carbons (Fsp3) is 0.636. The molecule has 4 rings (SSSR count). The van der Waals surface area contributed by atoms with E-state index in [0.717, 1.165) is 6.42 Å². The van der Waals surface area contributed by atoms with Crippen molar-refractivity contribution in [2.75, 3.05) is 0 Å². The van der Waals surface area contributed by atoms with E-state index in [4.69, 9.17) is 4.74 Å². The maximum Gasteiger partial charge on any atom is 0.169 e. The van der Waals surface area contributed by atoms with Gasteiger partial charge in [0.2, 0.25) is 0 Å². The molecule has 0 aromatic rings. The van der Waals surface area contributed by atoms with Crippen molar-refractivity contribution in [2.24, 2.45) is 23.7 Å². The number of ether oxygens (including phenoxy) is 1. The molecular formula is C11H10O3. The molecule has 3 aliphatic carbocycles. The molecule has 3 heteroatoms. The minimum atomic E-state index is -0.364. The Labute approximate surface area is 81.1 Å².